The van der Waals surface area contributed by atoms with Gasteiger partial charge in [0.2, 0.25) is 0 Å². The third-order valence-corrected chi connectivity index (χ3v) is 4.86. The average molecular weight is 356 g/mol. The van der Waals surface area contributed by atoms with E-state index in [1.54, 1.807) is 46.8 Å². The zero-order valence-electron chi connectivity index (χ0n) is 13.5. The van der Waals surface area contributed by atoms with Gasteiger partial charge in [0.05, 0.1) is 24.3 Å². The number of aryl methyl sites for hydroxylation is 1. The summed E-state index contributed by atoms with van der Waals surface area (Å²) in [6.07, 6.45) is 1.54. The van der Waals surface area contributed by atoms with Crippen molar-refractivity contribution in [2.75, 3.05) is 0 Å². The third kappa shape index (κ3) is 3.77. The molecule has 2 aromatic heterocycles. The quantitative estimate of drug-likeness (QED) is 0.484. The summed E-state index contributed by atoms with van der Waals surface area (Å²) in [4.78, 5) is 26.4. The number of carbonyl (C=O) groups excluding carboxylic acids is 1. The molecule has 0 bridgehead atoms. The summed E-state index contributed by atoms with van der Waals surface area (Å²) in [5, 5.41) is 13.2. The molecule has 1 amide bonds. The zero-order chi connectivity index (χ0) is 17.8. The number of nitrogens with zero attached hydrogens (tertiary/aromatic N) is 2. The number of furan rings is 1. The Morgan fingerprint density at radius 3 is 2.64 bits per heavy atom. The van der Waals surface area contributed by atoms with E-state index in [1.165, 1.54) is 12.1 Å². The molecule has 3 rings (SSSR count). The SMILES string of the molecule is Cc1ccsc1CN(Cc1ccco1)C(=O)c1ccccc1[N+](=O)[O-]. The Morgan fingerprint density at radius 2 is 2.00 bits per heavy atom. The van der Waals surface area contributed by atoms with Crippen LogP contribution in [0.4, 0.5) is 5.69 Å². The second-order valence-electron chi connectivity index (χ2n) is 5.54. The monoisotopic (exact) mass is 356 g/mol. The van der Waals surface area contributed by atoms with Crippen LogP contribution in [0.1, 0.15) is 26.6 Å². The van der Waals surface area contributed by atoms with Crippen LogP contribution in [0.25, 0.3) is 0 Å². The van der Waals surface area contributed by atoms with E-state index in [-0.39, 0.29) is 17.8 Å². The molecule has 6 nitrogen and oxygen atoms in total. The third-order valence-electron chi connectivity index (χ3n) is 3.85. The van der Waals surface area contributed by atoms with Gasteiger partial charge in [-0.25, -0.2) is 0 Å². The molecule has 0 saturated carbocycles. The predicted octanol–water partition coefficient (Wildman–Crippen LogP) is 4.40. The van der Waals surface area contributed by atoms with Crippen molar-refractivity contribution < 1.29 is 14.1 Å². The molecule has 0 radical (unpaired) electrons. The Labute approximate surface area is 148 Å². The van der Waals surface area contributed by atoms with Crippen LogP contribution < -0.4 is 0 Å². The van der Waals surface area contributed by atoms with Crippen molar-refractivity contribution in [1.82, 2.24) is 4.90 Å². The first kappa shape index (κ1) is 16.9. The van der Waals surface area contributed by atoms with Gasteiger partial charge in [-0.1, -0.05) is 12.1 Å². The van der Waals surface area contributed by atoms with Gasteiger partial charge in [-0.15, -0.1) is 11.3 Å². The van der Waals surface area contributed by atoms with Gasteiger partial charge < -0.3 is 9.32 Å². The minimum atomic E-state index is -0.533. The standard InChI is InChI=1S/C18H16N2O4S/c1-13-8-10-25-17(13)12-19(11-14-5-4-9-24-14)18(21)15-6-2-3-7-16(15)20(22)23/h2-10H,11-12H2,1H3. The molecule has 0 atom stereocenters. The van der Waals surface area contributed by atoms with E-state index < -0.39 is 10.8 Å². The van der Waals surface area contributed by atoms with E-state index in [9.17, 15) is 14.9 Å². The molecule has 3 aromatic rings. The lowest BCUT2D eigenvalue weighted by Gasteiger charge is -2.21. The highest BCUT2D eigenvalue weighted by atomic mass is 32.1. The Hall–Kier alpha value is -2.93. The number of nitro benzene ring substituents is 1. The maximum absolute atomic E-state index is 13.0. The molecule has 25 heavy (non-hydrogen) atoms. The van der Waals surface area contributed by atoms with Crippen LogP contribution in [0.15, 0.2) is 58.5 Å². The summed E-state index contributed by atoms with van der Waals surface area (Å²) >= 11 is 1.56. The number of thiophene rings is 1. The number of hydrogen-bond acceptors (Lipinski definition) is 5. The molecule has 0 N–H and O–H groups in total. The maximum atomic E-state index is 13.0. The van der Waals surface area contributed by atoms with Gasteiger partial charge in [0, 0.05) is 10.9 Å². The van der Waals surface area contributed by atoms with Gasteiger partial charge in [-0.05, 0) is 42.1 Å². The van der Waals surface area contributed by atoms with E-state index in [0.29, 0.717) is 12.3 Å². The molecule has 2 heterocycles. The molecular weight excluding hydrogens is 340 g/mol. The highest BCUT2D eigenvalue weighted by Crippen LogP contribution is 2.24. The van der Waals surface area contributed by atoms with E-state index in [2.05, 4.69) is 0 Å². The molecule has 0 spiro atoms. The summed E-state index contributed by atoms with van der Waals surface area (Å²) < 4.78 is 5.35. The smallest absolute Gasteiger partial charge is 0.282 e. The highest BCUT2D eigenvalue weighted by molar-refractivity contribution is 7.10. The molecule has 128 valence electrons. The molecule has 0 fully saturated rings. The fourth-order valence-electron chi connectivity index (χ4n) is 2.51. The Balaban J connectivity index is 1.94. The van der Waals surface area contributed by atoms with E-state index in [1.807, 2.05) is 18.4 Å². The Morgan fingerprint density at radius 1 is 1.20 bits per heavy atom. The lowest BCUT2D eigenvalue weighted by Crippen LogP contribution is -2.30. The van der Waals surface area contributed by atoms with Crippen molar-refractivity contribution in [3.05, 3.63) is 86.0 Å². The number of para-hydroxylation sites is 1. The van der Waals surface area contributed by atoms with Crippen LogP contribution in [0, 0.1) is 17.0 Å². The minimum absolute atomic E-state index is 0.0771. The van der Waals surface area contributed by atoms with E-state index in [4.69, 9.17) is 4.42 Å². The topological polar surface area (TPSA) is 76.6 Å². The number of carbonyl (C=O) groups is 1. The van der Waals surface area contributed by atoms with Crippen LogP contribution in [0.5, 0.6) is 0 Å². The summed E-state index contributed by atoms with van der Waals surface area (Å²) in [5.74, 6) is 0.234. The number of hydrogen-bond donors (Lipinski definition) is 0. The second kappa shape index (κ2) is 7.31. The molecule has 0 aliphatic rings. The Kier molecular flexibility index (Phi) is 4.95. The maximum Gasteiger partial charge on any atom is 0.282 e. The van der Waals surface area contributed by atoms with Crippen molar-refractivity contribution in [1.29, 1.82) is 0 Å². The van der Waals surface area contributed by atoms with Crippen molar-refractivity contribution in [3.63, 3.8) is 0 Å². The minimum Gasteiger partial charge on any atom is -0.467 e. The lowest BCUT2D eigenvalue weighted by atomic mass is 10.1. The van der Waals surface area contributed by atoms with E-state index >= 15 is 0 Å². The molecule has 7 heteroatoms. The number of amides is 1. The first-order valence-corrected chi connectivity index (χ1v) is 8.52. The van der Waals surface area contributed by atoms with Gasteiger partial charge in [-0.3, -0.25) is 14.9 Å². The molecule has 0 aliphatic carbocycles. The van der Waals surface area contributed by atoms with Crippen LogP contribution in [-0.2, 0) is 13.1 Å². The average Bonchev–Trinajstić information content (AvgIpc) is 3.26. The Bertz CT molecular complexity index is 886. The fraction of sp³-hybridized carbons (Fsp3) is 0.167. The number of rotatable bonds is 6. The van der Waals surface area contributed by atoms with E-state index in [0.717, 1.165) is 10.4 Å². The number of nitro groups is 1. The lowest BCUT2D eigenvalue weighted by molar-refractivity contribution is -0.385. The van der Waals surface area contributed by atoms with Gasteiger partial charge in [0.25, 0.3) is 11.6 Å². The fourth-order valence-corrected chi connectivity index (χ4v) is 3.43. The van der Waals surface area contributed by atoms with Gasteiger partial charge in [0.15, 0.2) is 0 Å². The molecule has 0 saturated heterocycles. The highest BCUT2D eigenvalue weighted by Gasteiger charge is 2.25. The first-order chi connectivity index (χ1) is 12.1. The van der Waals surface area contributed by atoms with Crippen LogP contribution >= 0.6 is 11.3 Å². The van der Waals surface area contributed by atoms with Gasteiger partial charge >= 0.3 is 0 Å². The van der Waals surface area contributed by atoms with Crippen LogP contribution in [-0.4, -0.2) is 15.7 Å². The summed E-state index contributed by atoms with van der Waals surface area (Å²) in [6.45, 7) is 2.59. The number of benzene rings is 1. The van der Waals surface area contributed by atoms with Crippen molar-refractivity contribution in [2.24, 2.45) is 0 Å². The second-order valence-corrected chi connectivity index (χ2v) is 6.54. The van der Waals surface area contributed by atoms with Crippen molar-refractivity contribution in [3.8, 4) is 0 Å². The van der Waals surface area contributed by atoms with Crippen LogP contribution in [0.3, 0.4) is 0 Å². The molecule has 0 aliphatic heterocycles. The predicted molar refractivity (Wildman–Crippen MR) is 94.4 cm³/mol. The first-order valence-electron chi connectivity index (χ1n) is 7.64. The summed E-state index contributed by atoms with van der Waals surface area (Å²) in [6, 6.07) is 11.5. The van der Waals surface area contributed by atoms with Gasteiger partial charge in [0.1, 0.15) is 11.3 Å². The molecular formula is C18H16N2O4S. The van der Waals surface area contributed by atoms with Crippen molar-refractivity contribution >= 4 is 22.9 Å². The zero-order valence-corrected chi connectivity index (χ0v) is 14.4. The largest absolute Gasteiger partial charge is 0.467 e. The molecule has 1 aromatic carbocycles. The van der Waals surface area contributed by atoms with Crippen LogP contribution in [0.2, 0.25) is 0 Å². The van der Waals surface area contributed by atoms with Gasteiger partial charge in [-0.2, -0.15) is 0 Å². The normalized spacial score (nSPS) is 10.6. The summed E-state index contributed by atoms with van der Waals surface area (Å²) in [5.41, 5.74) is 0.970. The molecule has 0 unspecified atom stereocenters. The van der Waals surface area contributed by atoms with Crippen molar-refractivity contribution in [2.45, 2.75) is 20.0 Å². The summed E-state index contributed by atoms with van der Waals surface area (Å²) in [7, 11) is 0.